The fourth-order valence-corrected chi connectivity index (χ4v) is 1.68. The molecule has 94 valence electrons. The summed E-state index contributed by atoms with van der Waals surface area (Å²) in [6.07, 6.45) is 0.601. The molecule has 1 aromatic carbocycles. The number of hydrogen-bond donors (Lipinski definition) is 0. The van der Waals surface area contributed by atoms with E-state index in [4.69, 9.17) is 9.47 Å². The van der Waals surface area contributed by atoms with Crippen LogP contribution in [0, 0.1) is 0 Å². The van der Waals surface area contributed by atoms with Crippen molar-refractivity contribution in [3.8, 4) is 5.75 Å². The number of methoxy groups -OCH3 is 1. The first-order valence-electron chi connectivity index (χ1n) is 5.37. The number of carbonyl (C=O) groups excluding carboxylic acids is 2. The molecule has 0 bridgehead atoms. The molecule has 1 aliphatic heterocycles. The van der Waals surface area contributed by atoms with Crippen molar-refractivity contribution in [1.82, 2.24) is 0 Å². The zero-order chi connectivity index (χ0) is 13.3. The number of ether oxygens (including phenoxy) is 2. The lowest BCUT2D eigenvalue weighted by atomic mass is 10.1. The van der Waals surface area contributed by atoms with Crippen molar-refractivity contribution in [3.05, 3.63) is 36.9 Å². The molecule has 1 aromatic rings. The molecule has 1 heterocycles. The normalized spacial score (nSPS) is 22.9. The van der Waals surface area contributed by atoms with Crippen LogP contribution in [0.2, 0.25) is 0 Å². The second-order valence-corrected chi connectivity index (χ2v) is 4.02. The van der Waals surface area contributed by atoms with Crippen LogP contribution in [0.1, 0.15) is 6.92 Å². The Bertz CT molecular complexity index is 525. The molecule has 18 heavy (non-hydrogen) atoms. The van der Waals surface area contributed by atoms with Crippen molar-refractivity contribution in [2.75, 3.05) is 12.0 Å². The molecule has 5 heteroatoms. The van der Waals surface area contributed by atoms with Crippen LogP contribution in [-0.2, 0) is 9.53 Å². The minimum Gasteiger partial charge on any atom is -0.497 e. The van der Waals surface area contributed by atoms with Gasteiger partial charge in [-0.15, -0.1) is 0 Å². The van der Waals surface area contributed by atoms with Crippen LogP contribution in [0.4, 0.5) is 10.5 Å². The van der Waals surface area contributed by atoms with Crippen molar-refractivity contribution >= 4 is 17.7 Å². The summed E-state index contributed by atoms with van der Waals surface area (Å²) in [6, 6.07) is 6.64. The Labute approximate surface area is 105 Å². The molecule has 0 spiro atoms. The van der Waals surface area contributed by atoms with Crippen molar-refractivity contribution < 1.29 is 19.1 Å². The molecular weight excluding hydrogens is 234 g/mol. The number of imide groups is 1. The first-order valence-corrected chi connectivity index (χ1v) is 5.37. The topological polar surface area (TPSA) is 55.8 Å². The molecule has 2 rings (SSSR count). The maximum absolute atomic E-state index is 12.1. The molecule has 1 atom stereocenters. The van der Waals surface area contributed by atoms with Gasteiger partial charge in [-0.25, -0.2) is 9.69 Å². The lowest BCUT2D eigenvalue weighted by Gasteiger charge is -2.15. The minimum atomic E-state index is -1.31. The standard InChI is InChI=1S/C13H13NO4/c1-4-13(2)11(15)14(12(16)18-13)9-6-5-7-10(8-9)17-3/h4-8H,1H2,2-3H3. The Hall–Kier alpha value is -2.30. The summed E-state index contributed by atoms with van der Waals surface area (Å²) in [5, 5.41) is 0. The molecule has 1 fully saturated rings. The van der Waals surface area contributed by atoms with E-state index >= 15 is 0 Å². The van der Waals surface area contributed by atoms with E-state index in [9.17, 15) is 9.59 Å². The number of carbonyl (C=O) groups is 2. The SMILES string of the molecule is C=CC1(C)OC(=O)N(c2cccc(OC)c2)C1=O. The number of amides is 2. The van der Waals surface area contributed by atoms with Gasteiger partial charge < -0.3 is 9.47 Å². The van der Waals surface area contributed by atoms with Crippen molar-refractivity contribution in [2.24, 2.45) is 0 Å². The first-order chi connectivity index (χ1) is 8.51. The largest absolute Gasteiger partial charge is 0.497 e. The van der Waals surface area contributed by atoms with Crippen LogP contribution < -0.4 is 9.64 Å². The third kappa shape index (κ3) is 1.73. The summed E-state index contributed by atoms with van der Waals surface area (Å²) < 4.78 is 10.1. The van der Waals surface area contributed by atoms with Crippen molar-refractivity contribution in [2.45, 2.75) is 12.5 Å². The molecule has 0 N–H and O–H groups in total. The second kappa shape index (κ2) is 4.18. The molecule has 1 unspecified atom stereocenters. The minimum absolute atomic E-state index is 0.412. The van der Waals surface area contributed by atoms with Gasteiger partial charge in [0, 0.05) is 6.07 Å². The molecule has 0 saturated carbocycles. The lowest BCUT2D eigenvalue weighted by Crippen LogP contribution is -2.36. The average Bonchev–Trinajstić information content (AvgIpc) is 2.61. The van der Waals surface area contributed by atoms with E-state index < -0.39 is 17.6 Å². The Balaban J connectivity index is 2.42. The van der Waals surface area contributed by atoms with Gasteiger partial charge in [-0.1, -0.05) is 12.6 Å². The third-order valence-corrected chi connectivity index (χ3v) is 2.81. The van der Waals surface area contributed by atoms with Gasteiger partial charge in [0.1, 0.15) is 5.75 Å². The van der Waals surface area contributed by atoms with Crippen molar-refractivity contribution in [3.63, 3.8) is 0 Å². The highest BCUT2D eigenvalue weighted by Crippen LogP contribution is 2.31. The number of hydrogen-bond acceptors (Lipinski definition) is 4. The maximum atomic E-state index is 12.1. The summed E-state index contributed by atoms with van der Waals surface area (Å²) in [4.78, 5) is 24.9. The maximum Gasteiger partial charge on any atom is 0.422 e. The van der Waals surface area contributed by atoms with Crippen LogP contribution in [0.25, 0.3) is 0 Å². The van der Waals surface area contributed by atoms with E-state index in [1.807, 2.05) is 0 Å². The number of anilines is 1. The van der Waals surface area contributed by atoms with E-state index in [1.54, 1.807) is 24.3 Å². The summed E-state index contributed by atoms with van der Waals surface area (Å²) in [5.41, 5.74) is -0.893. The van der Waals surface area contributed by atoms with Crippen molar-refractivity contribution in [1.29, 1.82) is 0 Å². The average molecular weight is 247 g/mol. The van der Waals surface area contributed by atoms with E-state index in [0.717, 1.165) is 4.90 Å². The predicted octanol–water partition coefficient (Wildman–Crippen LogP) is 2.12. The second-order valence-electron chi connectivity index (χ2n) is 4.02. The number of cyclic esters (lactones) is 1. The molecule has 1 aliphatic rings. The Kier molecular flexibility index (Phi) is 2.82. The van der Waals surface area contributed by atoms with Crippen LogP contribution in [0.15, 0.2) is 36.9 Å². The summed E-state index contributed by atoms with van der Waals surface area (Å²) in [6.45, 7) is 5.01. The van der Waals surface area contributed by atoms with Crippen LogP contribution >= 0.6 is 0 Å². The molecule has 0 radical (unpaired) electrons. The highest BCUT2D eigenvalue weighted by atomic mass is 16.6. The number of nitrogens with zero attached hydrogens (tertiary/aromatic N) is 1. The highest BCUT2D eigenvalue weighted by Gasteiger charge is 2.49. The summed E-state index contributed by atoms with van der Waals surface area (Å²) >= 11 is 0. The summed E-state index contributed by atoms with van der Waals surface area (Å²) in [7, 11) is 1.51. The van der Waals surface area contributed by atoms with Gasteiger partial charge in [-0.2, -0.15) is 0 Å². The van der Waals surface area contributed by atoms with Gasteiger partial charge >= 0.3 is 6.09 Å². The molecular formula is C13H13NO4. The monoisotopic (exact) mass is 247 g/mol. The van der Waals surface area contributed by atoms with E-state index in [-0.39, 0.29) is 0 Å². The quantitative estimate of drug-likeness (QED) is 0.768. The van der Waals surface area contributed by atoms with Gasteiger partial charge in [0.15, 0.2) is 0 Å². The highest BCUT2D eigenvalue weighted by molar-refractivity contribution is 6.20. The number of benzene rings is 1. The van der Waals surface area contributed by atoms with Gasteiger partial charge in [-0.05, 0) is 25.1 Å². The molecule has 0 aliphatic carbocycles. The van der Waals surface area contributed by atoms with Crippen LogP contribution in [-0.4, -0.2) is 24.7 Å². The van der Waals surface area contributed by atoms with Gasteiger partial charge in [0.2, 0.25) is 5.60 Å². The number of rotatable bonds is 3. The van der Waals surface area contributed by atoms with E-state index in [2.05, 4.69) is 6.58 Å². The lowest BCUT2D eigenvalue weighted by molar-refractivity contribution is -0.125. The smallest absolute Gasteiger partial charge is 0.422 e. The first kappa shape index (κ1) is 12.2. The Morgan fingerprint density at radius 1 is 1.44 bits per heavy atom. The van der Waals surface area contributed by atoms with E-state index in [0.29, 0.717) is 11.4 Å². The zero-order valence-corrected chi connectivity index (χ0v) is 10.2. The Morgan fingerprint density at radius 3 is 2.72 bits per heavy atom. The zero-order valence-electron chi connectivity index (χ0n) is 10.2. The molecule has 2 amide bonds. The molecule has 1 saturated heterocycles. The third-order valence-electron chi connectivity index (χ3n) is 2.81. The molecule has 5 nitrogen and oxygen atoms in total. The fraction of sp³-hybridized carbons (Fsp3) is 0.231. The Morgan fingerprint density at radius 2 is 2.17 bits per heavy atom. The van der Waals surface area contributed by atoms with Gasteiger partial charge in [0.05, 0.1) is 12.8 Å². The summed E-state index contributed by atoms with van der Waals surface area (Å²) in [5.74, 6) is 0.0936. The van der Waals surface area contributed by atoms with E-state index in [1.165, 1.54) is 20.1 Å². The van der Waals surface area contributed by atoms with Crippen LogP contribution in [0.5, 0.6) is 5.75 Å². The molecule has 0 aromatic heterocycles. The fourth-order valence-electron chi connectivity index (χ4n) is 1.68. The van der Waals surface area contributed by atoms with Gasteiger partial charge in [0.25, 0.3) is 5.91 Å². The van der Waals surface area contributed by atoms with Gasteiger partial charge in [-0.3, -0.25) is 4.79 Å². The van der Waals surface area contributed by atoms with Crippen LogP contribution in [0.3, 0.4) is 0 Å². The predicted molar refractivity (Wildman–Crippen MR) is 65.6 cm³/mol.